The third kappa shape index (κ3) is 10.4. The van der Waals surface area contributed by atoms with Crippen molar-refractivity contribution in [2.45, 2.75) is 22.6 Å². The average Bonchev–Trinajstić information content (AvgIpc) is 1.11. The summed E-state index contributed by atoms with van der Waals surface area (Å²) in [6, 6.07) is 34.6. The van der Waals surface area contributed by atoms with Crippen molar-refractivity contribution in [3.63, 3.8) is 0 Å². The number of benzene rings is 8. The van der Waals surface area contributed by atoms with Crippen LogP contribution in [-0.2, 0) is 25.0 Å². The fourth-order valence-electron chi connectivity index (χ4n) is 9.96. The maximum absolute atomic E-state index is 14.3. The Bertz CT molecular complexity index is 4290. The number of hydrogen-bond acceptors (Lipinski definition) is 19. The minimum Gasteiger partial charge on any atom is -0.506 e. The number of azo groups is 2. The molecule has 1 saturated carbocycles. The molecule has 23 heteroatoms. The first kappa shape index (κ1) is 55.3. The number of carbonyl (C=O) groups excluding carboxylic acids is 5. The number of ether oxygens (including phenoxy) is 2. The molecule has 0 spiro atoms. The number of nitrogens with zero attached hydrogens (tertiary/aromatic N) is 4. The number of rotatable bonds is 14. The van der Waals surface area contributed by atoms with Gasteiger partial charge < -0.3 is 30.3 Å². The van der Waals surface area contributed by atoms with Crippen molar-refractivity contribution >= 4 is 107 Å². The summed E-state index contributed by atoms with van der Waals surface area (Å²) in [5, 5.41) is 44.4. The van der Waals surface area contributed by atoms with Crippen LogP contribution in [0.25, 0.3) is 12.2 Å². The Labute approximate surface area is 477 Å². The monoisotopic (exact) mass is 1160 g/mol. The third-order valence-corrected chi connectivity index (χ3v) is 15.7. The number of fused-ring (bicyclic) bond motifs is 4. The van der Waals surface area contributed by atoms with Crippen molar-refractivity contribution in [3.8, 4) is 23.0 Å². The van der Waals surface area contributed by atoms with Crippen molar-refractivity contribution in [2.24, 2.45) is 20.5 Å². The molecule has 0 bridgehead atoms. The van der Waals surface area contributed by atoms with Gasteiger partial charge >= 0.3 is 0 Å². The first-order chi connectivity index (χ1) is 40.2. The zero-order valence-electron chi connectivity index (χ0n) is 43.8. The van der Waals surface area contributed by atoms with E-state index in [2.05, 4.69) is 31.1 Å². The summed E-state index contributed by atoms with van der Waals surface area (Å²) in [5.41, 5.74) is -1.70. The third-order valence-electron chi connectivity index (χ3n) is 14.0. The van der Waals surface area contributed by atoms with Crippen LogP contribution in [-0.4, -0.2) is 79.3 Å². The van der Waals surface area contributed by atoms with Crippen molar-refractivity contribution in [3.05, 3.63) is 212 Å². The van der Waals surface area contributed by atoms with Gasteiger partial charge in [-0.25, -0.2) is 0 Å². The molecule has 0 heterocycles. The predicted molar refractivity (Wildman–Crippen MR) is 306 cm³/mol. The van der Waals surface area contributed by atoms with E-state index in [1.807, 2.05) is 0 Å². The maximum atomic E-state index is 14.3. The molecule has 21 nitrogen and oxygen atoms in total. The number of phenols is 2. The van der Waals surface area contributed by atoms with Crippen LogP contribution >= 0.6 is 0 Å². The minimum absolute atomic E-state index is 0.0326. The quantitative estimate of drug-likeness (QED) is 0.0335. The zero-order chi connectivity index (χ0) is 59.4. The number of allylic oxidation sites excluding steroid dienone is 2. The molecule has 8 aromatic carbocycles. The number of methoxy groups -OCH3 is 2. The SMILES string of the molecule is COc1ccc(Nc2cc(S(=O)(=O)O)c(N=Nc3cc(/C=C4\CC/C(=C\c5ccc(O)c(N=Nc6c(S(=O)(=O)O)cc(Nc7ccc(OC)cc7)c7c6C(=O)c6ccccc6C7=O)c5)C4=O)ccc3O)c3c2C(=O)c2ccccc2C3=O)cc1. The Hall–Kier alpha value is -10.6. The summed E-state index contributed by atoms with van der Waals surface area (Å²) in [6.07, 6.45) is 3.51. The lowest BCUT2D eigenvalue weighted by Crippen LogP contribution is -2.23. The molecule has 3 aliphatic carbocycles. The zero-order valence-corrected chi connectivity index (χ0v) is 45.4. The van der Waals surface area contributed by atoms with Crippen LogP contribution in [0.5, 0.6) is 23.0 Å². The van der Waals surface area contributed by atoms with E-state index in [1.54, 1.807) is 60.7 Å². The fraction of sp³-hybridized carbons (Fsp3) is 0.0656. The molecule has 11 rings (SSSR count). The van der Waals surface area contributed by atoms with Crippen LogP contribution in [0.2, 0.25) is 0 Å². The second-order valence-corrected chi connectivity index (χ2v) is 22.0. The van der Waals surface area contributed by atoms with Gasteiger partial charge in [-0.2, -0.15) is 16.8 Å². The number of aromatic hydroxyl groups is 2. The highest BCUT2D eigenvalue weighted by molar-refractivity contribution is 7.86. The van der Waals surface area contributed by atoms with Crippen LogP contribution in [0.1, 0.15) is 87.7 Å². The lowest BCUT2D eigenvalue weighted by Gasteiger charge is -2.23. The second kappa shape index (κ2) is 21.7. The molecular weight excluding hydrogens is 1120 g/mol. The van der Waals surface area contributed by atoms with E-state index in [-0.39, 0.29) is 69.0 Å². The molecule has 418 valence electrons. The molecule has 1 fully saturated rings. The maximum Gasteiger partial charge on any atom is 0.296 e. The smallest absolute Gasteiger partial charge is 0.296 e. The molecule has 84 heavy (non-hydrogen) atoms. The van der Waals surface area contributed by atoms with Gasteiger partial charge in [0.1, 0.15) is 55.5 Å². The molecule has 0 radical (unpaired) electrons. The van der Waals surface area contributed by atoms with Crippen LogP contribution in [0.15, 0.2) is 187 Å². The van der Waals surface area contributed by atoms with Crippen LogP contribution in [0.3, 0.4) is 0 Å². The largest absolute Gasteiger partial charge is 0.506 e. The second-order valence-electron chi connectivity index (χ2n) is 19.2. The van der Waals surface area contributed by atoms with Crippen molar-refractivity contribution in [1.29, 1.82) is 0 Å². The Morgan fingerprint density at radius 2 is 0.786 bits per heavy atom. The van der Waals surface area contributed by atoms with Crippen molar-refractivity contribution < 1.29 is 69.6 Å². The number of anilines is 4. The first-order valence-electron chi connectivity index (χ1n) is 25.2. The highest BCUT2D eigenvalue weighted by atomic mass is 32.2. The van der Waals surface area contributed by atoms with E-state index in [4.69, 9.17) is 9.47 Å². The fourth-order valence-corrected chi connectivity index (χ4v) is 11.3. The summed E-state index contributed by atoms with van der Waals surface area (Å²) in [5.74, 6) is -3.21. The normalized spacial score (nSPS) is 14.9. The molecule has 0 aromatic heterocycles. The van der Waals surface area contributed by atoms with E-state index >= 15 is 0 Å². The van der Waals surface area contributed by atoms with Crippen molar-refractivity contribution in [1.82, 2.24) is 0 Å². The van der Waals surface area contributed by atoms with E-state index in [9.17, 15) is 60.1 Å². The lowest BCUT2D eigenvalue weighted by atomic mass is 9.82. The predicted octanol–water partition coefficient (Wildman–Crippen LogP) is 12.3. The number of hydrogen-bond donors (Lipinski definition) is 6. The highest BCUT2D eigenvalue weighted by Gasteiger charge is 2.40. The van der Waals surface area contributed by atoms with Gasteiger partial charge in [0.2, 0.25) is 0 Å². The molecule has 3 aliphatic rings. The Balaban J connectivity index is 0.904. The Morgan fingerprint density at radius 3 is 1.12 bits per heavy atom. The molecule has 6 N–H and O–H groups in total. The number of carbonyl (C=O) groups is 5. The van der Waals surface area contributed by atoms with E-state index in [0.29, 0.717) is 45.1 Å². The van der Waals surface area contributed by atoms with Gasteiger partial charge in [0.05, 0.1) is 47.8 Å². The van der Waals surface area contributed by atoms with E-state index in [1.165, 1.54) is 99.2 Å². The number of phenolic OH excluding ortho intramolecular Hbond substituents is 2. The first-order valence-corrected chi connectivity index (χ1v) is 28.1. The van der Waals surface area contributed by atoms with Gasteiger partial charge in [0.15, 0.2) is 28.9 Å². The molecule has 0 amide bonds. The van der Waals surface area contributed by atoms with Gasteiger partial charge in [0.25, 0.3) is 20.2 Å². The molecule has 0 saturated heterocycles. The standard InChI is InChI=1S/C61H42N6O15S2/c1-81-37-19-15-35(16-20-37)62-45-29-49(83(75,76)77)55(53-51(45)58(71)39-7-3-5-9-41(39)60(53)73)66-64-43-27-31(11-23-47(43)68)25-33-13-14-34(57(33)70)26-32-12-24-48(69)44(28-32)65-67-56-50(84(78,79)80)30-46(63-36-17-21-38(82-2)22-18-36)52-54(56)61(74)42-10-6-4-8-40(42)59(52)72/h3-12,15-30,62-63,68-69H,13-14H2,1-2H3,(H,75,76,77)(H,78,79,80)/b33-25+,34-26+,66-64?,67-65?. The summed E-state index contributed by atoms with van der Waals surface area (Å²) in [6.45, 7) is 0. The molecule has 0 aliphatic heterocycles. The van der Waals surface area contributed by atoms with Gasteiger partial charge in [0, 0.05) is 44.8 Å². The summed E-state index contributed by atoms with van der Waals surface area (Å²) in [4.78, 5) is 69.3. The van der Waals surface area contributed by atoms with Gasteiger partial charge in [-0.05, 0) is 121 Å². The summed E-state index contributed by atoms with van der Waals surface area (Å²) in [7, 11) is -7.48. The Kier molecular flexibility index (Phi) is 14.3. The molecule has 0 atom stereocenters. The molecule has 0 unspecified atom stereocenters. The van der Waals surface area contributed by atoms with Gasteiger partial charge in [-0.15, -0.1) is 20.5 Å². The van der Waals surface area contributed by atoms with Crippen molar-refractivity contribution in [2.75, 3.05) is 24.9 Å². The molecular formula is C61H42N6O15S2. The van der Waals surface area contributed by atoms with Crippen LogP contribution < -0.4 is 20.1 Å². The van der Waals surface area contributed by atoms with Crippen LogP contribution in [0, 0.1) is 0 Å². The minimum atomic E-state index is -5.20. The number of Topliss-reactive ketones (excluding diaryl/α,β-unsaturated/α-hetero) is 1. The topological polar surface area (TPSA) is 327 Å². The van der Waals surface area contributed by atoms with E-state index in [0.717, 1.165) is 12.1 Å². The van der Waals surface area contributed by atoms with Crippen LogP contribution in [0.4, 0.5) is 45.5 Å². The number of ketones is 5. The molecule has 8 aromatic rings. The summed E-state index contributed by atoms with van der Waals surface area (Å²) >= 11 is 0. The lowest BCUT2D eigenvalue weighted by molar-refractivity contribution is -0.111. The van der Waals surface area contributed by atoms with Gasteiger partial charge in [-0.3, -0.25) is 33.1 Å². The Morgan fingerprint density at radius 1 is 0.440 bits per heavy atom. The average molecular weight is 1160 g/mol. The van der Waals surface area contributed by atoms with Gasteiger partial charge in [-0.1, -0.05) is 60.7 Å². The number of nitrogens with one attached hydrogen (secondary N) is 2. The summed E-state index contributed by atoms with van der Waals surface area (Å²) < 4.78 is 84.1. The van der Waals surface area contributed by atoms with E-state index < -0.39 is 92.9 Å². The highest BCUT2D eigenvalue weighted by Crippen LogP contribution is 2.47.